The molecular weight excluding hydrogens is 428 g/mol. The molecule has 0 bridgehead atoms. The molecule has 1 N–H and O–H groups in total. The SMILES string of the molecule is CC(=O)N1CCN(c2nc(N[C@@H](C)c3cnc4ccccc4c3)c3c(cnn3C(C)C)n2)CC1. The second kappa shape index (κ2) is 8.89. The molecule has 0 spiro atoms. The summed E-state index contributed by atoms with van der Waals surface area (Å²) < 4.78 is 1.96. The van der Waals surface area contributed by atoms with Crippen molar-refractivity contribution < 1.29 is 4.79 Å². The molecule has 0 unspecified atom stereocenters. The van der Waals surface area contributed by atoms with Gasteiger partial charge in [0.15, 0.2) is 5.82 Å². The molecule has 1 aliphatic heterocycles. The number of benzene rings is 1. The molecule has 1 amide bonds. The van der Waals surface area contributed by atoms with Crippen LogP contribution in [0, 0.1) is 0 Å². The molecule has 1 atom stereocenters. The van der Waals surface area contributed by atoms with Gasteiger partial charge in [0.25, 0.3) is 0 Å². The Balaban J connectivity index is 1.50. The number of hydrogen-bond acceptors (Lipinski definition) is 7. The van der Waals surface area contributed by atoms with E-state index in [1.165, 1.54) is 0 Å². The summed E-state index contributed by atoms with van der Waals surface area (Å²) >= 11 is 0. The number of pyridine rings is 1. The van der Waals surface area contributed by atoms with E-state index in [0.29, 0.717) is 32.1 Å². The Morgan fingerprint density at radius 3 is 2.50 bits per heavy atom. The monoisotopic (exact) mass is 458 g/mol. The van der Waals surface area contributed by atoms with Crippen LogP contribution in [-0.2, 0) is 4.79 Å². The summed E-state index contributed by atoms with van der Waals surface area (Å²) in [5.74, 6) is 1.51. The molecule has 1 fully saturated rings. The number of nitrogens with zero attached hydrogens (tertiary/aromatic N) is 7. The van der Waals surface area contributed by atoms with E-state index in [0.717, 1.165) is 33.3 Å². The summed E-state index contributed by atoms with van der Waals surface area (Å²) in [5, 5.41) is 9.31. The largest absolute Gasteiger partial charge is 0.362 e. The van der Waals surface area contributed by atoms with E-state index in [-0.39, 0.29) is 18.0 Å². The third-order valence-corrected chi connectivity index (χ3v) is 6.39. The molecular formula is C25H30N8O. The van der Waals surface area contributed by atoms with Crippen LogP contribution >= 0.6 is 0 Å². The van der Waals surface area contributed by atoms with Gasteiger partial charge < -0.3 is 15.1 Å². The predicted octanol–water partition coefficient (Wildman–Crippen LogP) is 3.80. The van der Waals surface area contributed by atoms with Crippen LogP contribution < -0.4 is 10.2 Å². The minimum Gasteiger partial charge on any atom is -0.362 e. The molecule has 34 heavy (non-hydrogen) atoms. The Labute approximate surface area is 198 Å². The summed E-state index contributed by atoms with van der Waals surface area (Å²) in [6, 6.07) is 10.4. The number of amides is 1. The molecule has 1 saturated heterocycles. The lowest BCUT2D eigenvalue weighted by Crippen LogP contribution is -2.48. The van der Waals surface area contributed by atoms with Crippen molar-refractivity contribution in [1.82, 2.24) is 29.6 Å². The van der Waals surface area contributed by atoms with Gasteiger partial charge in [-0.15, -0.1) is 0 Å². The van der Waals surface area contributed by atoms with Gasteiger partial charge in [-0.25, -0.2) is 4.98 Å². The van der Waals surface area contributed by atoms with Gasteiger partial charge in [0.05, 0.1) is 17.8 Å². The van der Waals surface area contributed by atoms with E-state index in [1.807, 2.05) is 34.0 Å². The predicted molar refractivity (Wildman–Crippen MR) is 134 cm³/mol. The zero-order chi connectivity index (χ0) is 23.8. The highest BCUT2D eigenvalue weighted by Crippen LogP contribution is 2.29. The maximum Gasteiger partial charge on any atom is 0.228 e. The number of fused-ring (bicyclic) bond motifs is 2. The quantitative estimate of drug-likeness (QED) is 0.486. The second-order valence-electron chi connectivity index (χ2n) is 9.11. The van der Waals surface area contributed by atoms with Crippen molar-refractivity contribution >= 4 is 39.6 Å². The number of carbonyl (C=O) groups excluding carboxylic acids is 1. The highest BCUT2D eigenvalue weighted by molar-refractivity contribution is 5.87. The maximum absolute atomic E-state index is 11.7. The lowest BCUT2D eigenvalue weighted by atomic mass is 10.1. The van der Waals surface area contributed by atoms with E-state index >= 15 is 0 Å². The molecule has 1 aromatic carbocycles. The third-order valence-electron chi connectivity index (χ3n) is 6.39. The Hall–Kier alpha value is -3.75. The van der Waals surface area contributed by atoms with Gasteiger partial charge in [-0.3, -0.25) is 14.5 Å². The molecule has 9 heteroatoms. The van der Waals surface area contributed by atoms with Crippen molar-refractivity contribution in [3.05, 3.63) is 48.3 Å². The van der Waals surface area contributed by atoms with Gasteiger partial charge >= 0.3 is 0 Å². The molecule has 0 saturated carbocycles. The smallest absolute Gasteiger partial charge is 0.228 e. The van der Waals surface area contributed by atoms with Crippen molar-refractivity contribution in [2.24, 2.45) is 0 Å². The standard InChI is InChI=1S/C25H30N8O/c1-16(2)33-23-22(15-27-33)29-25(32-11-9-31(10-12-32)18(4)34)30-24(23)28-17(3)20-13-19-7-5-6-8-21(19)26-14-20/h5-8,13-17H,9-12H2,1-4H3,(H,28,29,30)/t17-/m0/s1. The fraction of sp³-hybridized carbons (Fsp3) is 0.400. The molecule has 4 aromatic rings. The normalized spacial score (nSPS) is 15.3. The minimum atomic E-state index is -0.0203. The molecule has 3 aromatic heterocycles. The van der Waals surface area contributed by atoms with Crippen LogP contribution in [0.2, 0.25) is 0 Å². The van der Waals surface area contributed by atoms with E-state index in [9.17, 15) is 4.79 Å². The van der Waals surface area contributed by atoms with Crippen LogP contribution in [0.4, 0.5) is 11.8 Å². The number of nitrogens with one attached hydrogen (secondary N) is 1. The zero-order valence-corrected chi connectivity index (χ0v) is 20.1. The molecule has 0 aliphatic carbocycles. The molecule has 1 aliphatic rings. The highest BCUT2D eigenvalue weighted by atomic mass is 16.2. The maximum atomic E-state index is 11.7. The fourth-order valence-corrected chi connectivity index (χ4v) is 4.42. The lowest BCUT2D eigenvalue weighted by Gasteiger charge is -2.34. The van der Waals surface area contributed by atoms with Gasteiger partial charge in [-0.1, -0.05) is 18.2 Å². The van der Waals surface area contributed by atoms with E-state index in [2.05, 4.69) is 53.2 Å². The average molecular weight is 459 g/mol. The molecule has 9 nitrogen and oxygen atoms in total. The first-order valence-electron chi connectivity index (χ1n) is 11.8. The summed E-state index contributed by atoms with van der Waals surface area (Å²) in [4.78, 5) is 30.1. The summed E-state index contributed by atoms with van der Waals surface area (Å²) in [5.41, 5.74) is 3.76. The van der Waals surface area contributed by atoms with Gasteiger partial charge in [0, 0.05) is 50.7 Å². The zero-order valence-electron chi connectivity index (χ0n) is 20.1. The van der Waals surface area contributed by atoms with Crippen LogP contribution in [0.3, 0.4) is 0 Å². The van der Waals surface area contributed by atoms with Crippen molar-refractivity contribution in [2.45, 2.75) is 39.8 Å². The van der Waals surface area contributed by atoms with Gasteiger partial charge in [0.1, 0.15) is 11.0 Å². The van der Waals surface area contributed by atoms with Crippen LogP contribution in [0.15, 0.2) is 42.7 Å². The molecule has 176 valence electrons. The average Bonchev–Trinajstić information content (AvgIpc) is 3.28. The topological polar surface area (TPSA) is 92.1 Å². The number of hydrogen-bond donors (Lipinski definition) is 1. The van der Waals surface area contributed by atoms with E-state index < -0.39 is 0 Å². The van der Waals surface area contributed by atoms with Crippen molar-refractivity contribution in [3.63, 3.8) is 0 Å². The van der Waals surface area contributed by atoms with Crippen LogP contribution in [0.1, 0.15) is 45.3 Å². The Kier molecular flexibility index (Phi) is 5.77. The molecule has 4 heterocycles. The van der Waals surface area contributed by atoms with Crippen molar-refractivity contribution in [1.29, 1.82) is 0 Å². The fourth-order valence-electron chi connectivity index (χ4n) is 4.42. The Morgan fingerprint density at radius 1 is 1.00 bits per heavy atom. The van der Waals surface area contributed by atoms with Gasteiger partial charge in [-0.2, -0.15) is 10.1 Å². The van der Waals surface area contributed by atoms with Crippen LogP contribution in [-0.4, -0.2) is 61.7 Å². The Bertz CT molecular complexity index is 1340. The van der Waals surface area contributed by atoms with Crippen molar-refractivity contribution in [3.8, 4) is 0 Å². The van der Waals surface area contributed by atoms with E-state index in [4.69, 9.17) is 9.97 Å². The summed E-state index contributed by atoms with van der Waals surface area (Å²) in [7, 11) is 0. The number of anilines is 2. The second-order valence-corrected chi connectivity index (χ2v) is 9.11. The first kappa shape index (κ1) is 22.1. The number of piperazine rings is 1. The van der Waals surface area contributed by atoms with Crippen molar-refractivity contribution in [2.75, 3.05) is 36.4 Å². The first-order valence-corrected chi connectivity index (χ1v) is 11.8. The number of rotatable bonds is 5. The summed E-state index contributed by atoms with van der Waals surface area (Å²) in [6.45, 7) is 10.7. The summed E-state index contributed by atoms with van der Waals surface area (Å²) in [6.07, 6.45) is 3.72. The Morgan fingerprint density at radius 2 is 1.76 bits per heavy atom. The van der Waals surface area contributed by atoms with Gasteiger partial charge in [-0.05, 0) is 38.5 Å². The highest BCUT2D eigenvalue weighted by Gasteiger charge is 2.24. The van der Waals surface area contributed by atoms with Crippen LogP contribution in [0.25, 0.3) is 21.9 Å². The molecule has 0 radical (unpaired) electrons. The third kappa shape index (κ3) is 4.13. The lowest BCUT2D eigenvalue weighted by molar-refractivity contribution is -0.129. The number of carbonyl (C=O) groups is 1. The van der Waals surface area contributed by atoms with Gasteiger partial charge in [0.2, 0.25) is 11.9 Å². The minimum absolute atomic E-state index is 0.0203. The number of para-hydroxylation sites is 1. The van der Waals surface area contributed by atoms with E-state index in [1.54, 1.807) is 13.1 Å². The van der Waals surface area contributed by atoms with Crippen LogP contribution in [0.5, 0.6) is 0 Å². The number of aromatic nitrogens is 5. The molecule has 5 rings (SSSR count). The first-order chi connectivity index (χ1) is 16.4.